The second-order valence-corrected chi connectivity index (χ2v) is 13.6. The summed E-state index contributed by atoms with van der Waals surface area (Å²) >= 11 is 0. The van der Waals surface area contributed by atoms with Crippen LogP contribution in [-0.2, 0) is 11.8 Å². The summed E-state index contributed by atoms with van der Waals surface area (Å²) in [6, 6.07) is 45.5. The summed E-state index contributed by atoms with van der Waals surface area (Å²) in [5.41, 5.74) is 26.6. The number of nitrogens with two attached hydrogens (primary N) is 2. The van der Waals surface area contributed by atoms with Crippen molar-refractivity contribution in [1.29, 1.82) is 0 Å². The number of hydrogen-bond acceptors (Lipinski definition) is 3. The summed E-state index contributed by atoms with van der Waals surface area (Å²) in [6.07, 6.45) is 29.2. The number of allylic oxidation sites excluding steroid dienone is 14. The van der Waals surface area contributed by atoms with Crippen LogP contribution in [0.25, 0.3) is 33.9 Å². The molecule has 0 heterocycles. The van der Waals surface area contributed by atoms with Crippen LogP contribution in [-0.4, -0.2) is 18.8 Å². The van der Waals surface area contributed by atoms with E-state index in [-0.39, 0.29) is 0 Å². The maximum Gasteiger partial charge on any atom is 0.0492 e. The lowest BCUT2D eigenvalue weighted by atomic mass is 9.64. The van der Waals surface area contributed by atoms with E-state index >= 15 is 0 Å². The number of rotatable bonds is 9. The second kappa shape index (κ2) is 19.2. The molecule has 2 aliphatic carbocycles. The minimum absolute atomic E-state index is 0.476. The van der Waals surface area contributed by atoms with Crippen LogP contribution in [0.15, 0.2) is 213 Å². The van der Waals surface area contributed by atoms with E-state index in [2.05, 4.69) is 188 Å². The molecule has 5 aromatic carbocycles. The predicted molar refractivity (Wildman–Crippen MR) is 240 cm³/mol. The molecule has 278 valence electrons. The van der Waals surface area contributed by atoms with Crippen LogP contribution in [0, 0.1) is 0 Å². The summed E-state index contributed by atoms with van der Waals surface area (Å²) in [6.45, 7) is 5.18. The standard InChI is InChI=1S/C52H46N2.CH4O/c1-39-16-8-9-22-44-23-10-11-27-50(44)52(39)34-15-26-48(38-54)49-33-32-47(37-51(49)52)46-25-14-24-45(36-46)42(21-12-13-35-53)30-31-43(41-19-6-3-7-20-41)29-28-40-17-4-2-5-18-40;1-2/h2-27,29-33,36-38H,1,28,34-35,53-54H2;2H,1H3/b13-12-,16-8-,22-9-,31-30+,42-21+,43-29+,48-38+;. The minimum Gasteiger partial charge on any atom is -0.404 e. The summed E-state index contributed by atoms with van der Waals surface area (Å²) in [5.74, 6) is 0. The van der Waals surface area contributed by atoms with Crippen molar-refractivity contribution in [1.82, 2.24) is 0 Å². The van der Waals surface area contributed by atoms with Gasteiger partial charge in [0, 0.05) is 25.3 Å². The molecular formula is C53H50N2O. The number of fused-ring (bicyclic) bond motifs is 4. The molecule has 1 unspecified atom stereocenters. The van der Waals surface area contributed by atoms with Crippen LogP contribution in [0.3, 0.4) is 0 Å². The molecule has 3 nitrogen and oxygen atoms in total. The molecule has 56 heavy (non-hydrogen) atoms. The maximum absolute atomic E-state index is 7.00. The van der Waals surface area contributed by atoms with Crippen molar-refractivity contribution in [2.45, 2.75) is 18.3 Å². The van der Waals surface area contributed by atoms with Crippen molar-refractivity contribution in [2.75, 3.05) is 13.7 Å². The fraction of sp³-hybridized carbons (Fsp3) is 0.0943. The summed E-state index contributed by atoms with van der Waals surface area (Å²) in [4.78, 5) is 0. The smallest absolute Gasteiger partial charge is 0.0492 e. The Bertz CT molecular complexity index is 2390. The lowest BCUT2D eigenvalue weighted by Gasteiger charge is -2.38. The van der Waals surface area contributed by atoms with Crippen LogP contribution in [0.2, 0.25) is 0 Å². The Morgan fingerprint density at radius 2 is 1.41 bits per heavy atom. The van der Waals surface area contributed by atoms with Crippen molar-refractivity contribution in [3.05, 3.63) is 252 Å². The van der Waals surface area contributed by atoms with Crippen molar-refractivity contribution >= 4 is 22.8 Å². The van der Waals surface area contributed by atoms with Crippen LogP contribution in [0.1, 0.15) is 45.4 Å². The van der Waals surface area contributed by atoms with Crippen molar-refractivity contribution < 1.29 is 5.11 Å². The highest BCUT2D eigenvalue weighted by atomic mass is 16.2. The van der Waals surface area contributed by atoms with Gasteiger partial charge in [-0.15, -0.1) is 0 Å². The van der Waals surface area contributed by atoms with E-state index in [0.717, 1.165) is 58.9 Å². The molecule has 5 N–H and O–H groups in total. The van der Waals surface area contributed by atoms with Crippen molar-refractivity contribution in [2.24, 2.45) is 11.5 Å². The van der Waals surface area contributed by atoms with Crippen LogP contribution < -0.4 is 11.5 Å². The monoisotopic (exact) mass is 730 g/mol. The quantitative estimate of drug-likeness (QED) is 0.132. The lowest BCUT2D eigenvalue weighted by Crippen LogP contribution is -2.31. The summed E-state index contributed by atoms with van der Waals surface area (Å²) in [5, 5.41) is 7.00. The first-order valence-electron chi connectivity index (χ1n) is 19.1. The first kappa shape index (κ1) is 39.2. The van der Waals surface area contributed by atoms with Gasteiger partial charge in [0.05, 0.1) is 0 Å². The zero-order chi connectivity index (χ0) is 39.2. The van der Waals surface area contributed by atoms with E-state index in [1.807, 2.05) is 12.2 Å². The molecule has 0 bridgehead atoms. The van der Waals surface area contributed by atoms with E-state index in [1.54, 1.807) is 6.20 Å². The van der Waals surface area contributed by atoms with Gasteiger partial charge >= 0.3 is 0 Å². The van der Waals surface area contributed by atoms with Crippen LogP contribution in [0.4, 0.5) is 0 Å². The molecule has 0 aromatic heterocycles. The molecule has 1 spiro atoms. The molecule has 0 saturated heterocycles. The van der Waals surface area contributed by atoms with Gasteiger partial charge in [0.1, 0.15) is 0 Å². The average molecular weight is 731 g/mol. The lowest BCUT2D eigenvalue weighted by molar-refractivity contribution is 0.399. The third-order valence-electron chi connectivity index (χ3n) is 10.4. The highest BCUT2D eigenvalue weighted by Crippen LogP contribution is 2.50. The average Bonchev–Trinajstić information content (AvgIpc) is 3.42. The van der Waals surface area contributed by atoms with Crippen molar-refractivity contribution in [3.63, 3.8) is 0 Å². The molecule has 5 aromatic rings. The molecule has 7 rings (SSSR count). The first-order chi connectivity index (χ1) is 27.6. The second-order valence-electron chi connectivity index (χ2n) is 13.6. The molecule has 3 heteroatoms. The van der Waals surface area contributed by atoms with Gasteiger partial charge in [0.15, 0.2) is 0 Å². The Morgan fingerprint density at radius 1 is 0.714 bits per heavy atom. The van der Waals surface area contributed by atoms with Gasteiger partial charge in [0.2, 0.25) is 0 Å². The topological polar surface area (TPSA) is 72.3 Å². The zero-order valence-corrected chi connectivity index (χ0v) is 32.1. The fourth-order valence-electron chi connectivity index (χ4n) is 7.58. The third-order valence-corrected chi connectivity index (χ3v) is 10.4. The molecule has 0 radical (unpaired) electrons. The number of aliphatic hydroxyl groups is 1. The van der Waals surface area contributed by atoms with E-state index in [0.29, 0.717) is 6.54 Å². The van der Waals surface area contributed by atoms with E-state index < -0.39 is 5.41 Å². The molecule has 0 aliphatic heterocycles. The fourth-order valence-corrected chi connectivity index (χ4v) is 7.58. The predicted octanol–water partition coefficient (Wildman–Crippen LogP) is 11.4. The highest BCUT2D eigenvalue weighted by Gasteiger charge is 2.40. The van der Waals surface area contributed by atoms with Crippen LogP contribution >= 0.6 is 0 Å². The molecule has 0 amide bonds. The number of benzene rings is 5. The van der Waals surface area contributed by atoms with Gasteiger partial charge in [-0.2, -0.15) is 0 Å². The van der Waals surface area contributed by atoms with E-state index in [4.69, 9.17) is 23.2 Å². The Morgan fingerprint density at radius 3 is 2.20 bits per heavy atom. The molecular weight excluding hydrogens is 681 g/mol. The summed E-state index contributed by atoms with van der Waals surface area (Å²) < 4.78 is 0. The zero-order valence-electron chi connectivity index (χ0n) is 32.1. The van der Waals surface area contributed by atoms with Crippen molar-refractivity contribution in [3.8, 4) is 11.1 Å². The normalized spacial score (nSPS) is 18.5. The van der Waals surface area contributed by atoms with Gasteiger partial charge in [-0.25, -0.2) is 0 Å². The molecule has 1 atom stereocenters. The summed E-state index contributed by atoms with van der Waals surface area (Å²) in [7, 11) is 1.00. The maximum atomic E-state index is 7.00. The van der Waals surface area contributed by atoms with E-state index in [1.165, 1.54) is 33.4 Å². The molecule has 0 fully saturated rings. The Hall–Kier alpha value is -6.52. The largest absolute Gasteiger partial charge is 0.404 e. The Labute approximate surface area is 332 Å². The van der Waals surface area contributed by atoms with Gasteiger partial charge in [-0.05, 0) is 97.3 Å². The van der Waals surface area contributed by atoms with Gasteiger partial charge < -0.3 is 16.6 Å². The Kier molecular flexibility index (Phi) is 13.4. The Balaban J connectivity index is 0.00000262. The SMILES string of the molecule is C=C1/C=C\C=C/c2ccccc2C12CC=C/C(=C\N)c1ccc(-c3cccc(C(/C=C/C(=C\Cc4ccccc4)c4ccccc4)=C/C=C\CN)c3)cc12.CO. The van der Waals surface area contributed by atoms with Gasteiger partial charge in [-0.3, -0.25) is 0 Å². The highest BCUT2D eigenvalue weighted by molar-refractivity contribution is 5.86. The van der Waals surface area contributed by atoms with Gasteiger partial charge in [-0.1, -0.05) is 195 Å². The number of hydrogen-bond donors (Lipinski definition) is 3. The first-order valence-corrected chi connectivity index (χ1v) is 19.1. The van der Waals surface area contributed by atoms with Gasteiger partial charge in [0.25, 0.3) is 0 Å². The molecule has 0 saturated carbocycles. The number of aliphatic hydroxyl groups excluding tert-OH is 1. The van der Waals surface area contributed by atoms with Crippen LogP contribution in [0.5, 0.6) is 0 Å². The van der Waals surface area contributed by atoms with E-state index in [9.17, 15) is 0 Å². The third kappa shape index (κ3) is 8.72. The molecule has 2 aliphatic rings. The minimum atomic E-state index is -0.483.